The van der Waals surface area contributed by atoms with E-state index in [9.17, 15) is 15.0 Å². The summed E-state index contributed by atoms with van der Waals surface area (Å²) in [6.07, 6.45) is -0.0146. The molecule has 0 saturated carbocycles. The number of benzene rings is 2. The second kappa shape index (κ2) is 5.49. The summed E-state index contributed by atoms with van der Waals surface area (Å²) in [5, 5.41) is 19.7. The van der Waals surface area contributed by atoms with Crippen LogP contribution in [0.5, 0.6) is 17.2 Å². The quantitative estimate of drug-likeness (QED) is 0.878. The van der Waals surface area contributed by atoms with Crippen molar-refractivity contribution >= 4 is 5.78 Å². The van der Waals surface area contributed by atoms with Crippen molar-refractivity contribution in [3.8, 4) is 17.2 Å². The minimum absolute atomic E-state index is 0.0221. The van der Waals surface area contributed by atoms with Crippen LogP contribution in [0.3, 0.4) is 0 Å². The summed E-state index contributed by atoms with van der Waals surface area (Å²) in [5.74, 6) is 1.41. The van der Waals surface area contributed by atoms with E-state index >= 15 is 0 Å². The standard InChI is InChI=1S/C20H20O5/c1-20(2,23)18-9-14-16(24-18)8-7-13-15(22)10-17(25-19(13)14)11-3-5-12(21)6-4-11/h3-8,17-18,21,23H,9-10H2,1-2H3/t17-,18+/m0/s1. The molecule has 2 N–H and O–H groups in total. The molecule has 0 aliphatic carbocycles. The summed E-state index contributed by atoms with van der Waals surface area (Å²) in [4.78, 5) is 12.6. The van der Waals surface area contributed by atoms with Gasteiger partial charge in [-0.15, -0.1) is 0 Å². The zero-order valence-electron chi connectivity index (χ0n) is 14.2. The number of ketones is 1. The first-order valence-corrected chi connectivity index (χ1v) is 8.36. The molecule has 0 spiro atoms. The Bertz CT molecular complexity index is 832. The van der Waals surface area contributed by atoms with Crippen molar-refractivity contribution in [1.82, 2.24) is 0 Å². The zero-order chi connectivity index (χ0) is 17.8. The first-order chi connectivity index (χ1) is 11.8. The summed E-state index contributed by atoms with van der Waals surface area (Å²) in [6.45, 7) is 3.42. The van der Waals surface area contributed by atoms with Crippen LogP contribution in [-0.4, -0.2) is 27.7 Å². The topological polar surface area (TPSA) is 76.0 Å². The minimum Gasteiger partial charge on any atom is -0.508 e. The molecule has 25 heavy (non-hydrogen) atoms. The van der Waals surface area contributed by atoms with Crippen LogP contribution in [0.4, 0.5) is 0 Å². The number of aromatic hydroxyl groups is 1. The molecule has 2 heterocycles. The highest BCUT2D eigenvalue weighted by molar-refractivity contribution is 6.00. The molecule has 5 heteroatoms. The molecule has 5 nitrogen and oxygen atoms in total. The lowest BCUT2D eigenvalue weighted by Crippen LogP contribution is -2.39. The number of aliphatic hydroxyl groups is 1. The molecule has 0 saturated heterocycles. The second-order valence-electron chi connectivity index (χ2n) is 7.21. The molecule has 2 aromatic rings. The van der Waals surface area contributed by atoms with E-state index in [4.69, 9.17) is 9.47 Å². The summed E-state index contributed by atoms with van der Waals surface area (Å²) in [5.41, 5.74) is 1.25. The van der Waals surface area contributed by atoms with Crippen molar-refractivity contribution in [2.75, 3.05) is 0 Å². The SMILES string of the molecule is CC(C)(O)[C@H]1Cc2c(ccc3c2O[C@H](c2ccc(O)cc2)CC3=O)O1. The van der Waals surface area contributed by atoms with Crippen LogP contribution in [0.15, 0.2) is 36.4 Å². The first kappa shape index (κ1) is 16.0. The monoisotopic (exact) mass is 340 g/mol. The maximum absolute atomic E-state index is 12.6. The lowest BCUT2D eigenvalue weighted by atomic mass is 9.91. The number of rotatable bonds is 2. The van der Waals surface area contributed by atoms with Crippen molar-refractivity contribution in [2.45, 2.75) is 44.5 Å². The van der Waals surface area contributed by atoms with Crippen molar-refractivity contribution in [3.05, 3.63) is 53.1 Å². The molecule has 0 fully saturated rings. The smallest absolute Gasteiger partial charge is 0.170 e. The number of hydrogen-bond donors (Lipinski definition) is 2. The number of Topliss-reactive ketones (excluding diaryl/α,β-unsaturated/α-hetero) is 1. The van der Waals surface area contributed by atoms with E-state index < -0.39 is 11.7 Å². The molecular weight excluding hydrogens is 320 g/mol. The molecule has 2 aromatic carbocycles. The van der Waals surface area contributed by atoms with Gasteiger partial charge >= 0.3 is 0 Å². The van der Waals surface area contributed by atoms with E-state index in [1.54, 1.807) is 50.2 Å². The van der Waals surface area contributed by atoms with Crippen LogP contribution >= 0.6 is 0 Å². The first-order valence-electron chi connectivity index (χ1n) is 8.36. The Morgan fingerprint density at radius 2 is 1.76 bits per heavy atom. The number of ether oxygens (including phenoxy) is 2. The van der Waals surface area contributed by atoms with Gasteiger partial charge in [0.15, 0.2) is 5.78 Å². The highest BCUT2D eigenvalue weighted by Gasteiger charge is 2.39. The van der Waals surface area contributed by atoms with Crippen molar-refractivity contribution < 1.29 is 24.5 Å². The fraction of sp³-hybridized carbons (Fsp3) is 0.350. The van der Waals surface area contributed by atoms with Crippen LogP contribution < -0.4 is 9.47 Å². The number of carbonyl (C=O) groups excluding carboxylic acids is 1. The van der Waals surface area contributed by atoms with Gasteiger partial charge in [-0.05, 0) is 43.7 Å². The molecule has 0 radical (unpaired) electrons. The minimum atomic E-state index is -0.985. The van der Waals surface area contributed by atoms with Gasteiger partial charge in [0, 0.05) is 12.0 Å². The average Bonchev–Trinajstić information content (AvgIpc) is 3.00. The normalized spacial score (nSPS) is 22.0. The van der Waals surface area contributed by atoms with Crippen LogP contribution in [0, 0.1) is 0 Å². The van der Waals surface area contributed by atoms with Crippen LogP contribution in [0.25, 0.3) is 0 Å². The summed E-state index contributed by atoms with van der Waals surface area (Å²) in [6, 6.07) is 10.2. The molecule has 130 valence electrons. The molecule has 0 bridgehead atoms. The highest BCUT2D eigenvalue weighted by atomic mass is 16.5. The van der Waals surface area contributed by atoms with E-state index in [2.05, 4.69) is 0 Å². The average molecular weight is 340 g/mol. The molecule has 2 aliphatic heterocycles. The van der Waals surface area contributed by atoms with Crippen molar-refractivity contribution in [1.29, 1.82) is 0 Å². The number of phenolic OH excluding ortho intramolecular Hbond substituents is 1. The van der Waals surface area contributed by atoms with Gasteiger partial charge in [-0.2, -0.15) is 0 Å². The van der Waals surface area contributed by atoms with Gasteiger partial charge in [-0.3, -0.25) is 4.79 Å². The molecular formula is C20H20O5. The Morgan fingerprint density at radius 1 is 1.04 bits per heavy atom. The van der Waals surface area contributed by atoms with Crippen LogP contribution in [0.1, 0.15) is 47.9 Å². The maximum Gasteiger partial charge on any atom is 0.170 e. The van der Waals surface area contributed by atoms with Gasteiger partial charge in [0.1, 0.15) is 29.5 Å². The van der Waals surface area contributed by atoms with Gasteiger partial charge in [0.25, 0.3) is 0 Å². The summed E-state index contributed by atoms with van der Waals surface area (Å²) < 4.78 is 12.0. The Hall–Kier alpha value is -2.53. The van der Waals surface area contributed by atoms with Gasteiger partial charge in [0.2, 0.25) is 0 Å². The zero-order valence-corrected chi connectivity index (χ0v) is 14.2. The number of phenols is 1. The van der Waals surface area contributed by atoms with Gasteiger partial charge < -0.3 is 19.7 Å². The second-order valence-corrected chi connectivity index (χ2v) is 7.21. The molecule has 0 unspecified atom stereocenters. The highest BCUT2D eigenvalue weighted by Crippen LogP contribution is 2.45. The molecule has 0 aromatic heterocycles. The molecule has 2 aliphatic rings. The number of carbonyl (C=O) groups is 1. The molecule has 4 rings (SSSR count). The Kier molecular flexibility index (Phi) is 3.51. The van der Waals surface area contributed by atoms with E-state index in [-0.39, 0.29) is 24.1 Å². The van der Waals surface area contributed by atoms with Crippen LogP contribution in [0.2, 0.25) is 0 Å². The third-order valence-electron chi connectivity index (χ3n) is 4.86. The summed E-state index contributed by atoms with van der Waals surface area (Å²) >= 11 is 0. The lowest BCUT2D eigenvalue weighted by Gasteiger charge is -2.27. The van der Waals surface area contributed by atoms with E-state index in [1.807, 2.05) is 0 Å². The third kappa shape index (κ3) is 2.74. The van der Waals surface area contributed by atoms with E-state index in [1.165, 1.54) is 0 Å². The van der Waals surface area contributed by atoms with E-state index in [0.29, 0.717) is 23.5 Å². The van der Waals surface area contributed by atoms with Crippen LogP contribution in [-0.2, 0) is 6.42 Å². The van der Waals surface area contributed by atoms with E-state index in [0.717, 1.165) is 11.1 Å². The number of fused-ring (bicyclic) bond motifs is 3. The van der Waals surface area contributed by atoms with Crippen molar-refractivity contribution in [2.24, 2.45) is 0 Å². The third-order valence-corrected chi connectivity index (χ3v) is 4.86. The summed E-state index contributed by atoms with van der Waals surface area (Å²) in [7, 11) is 0. The fourth-order valence-corrected chi connectivity index (χ4v) is 3.38. The maximum atomic E-state index is 12.6. The number of hydrogen-bond acceptors (Lipinski definition) is 5. The molecule has 0 amide bonds. The Balaban J connectivity index is 1.71. The Morgan fingerprint density at radius 3 is 2.44 bits per heavy atom. The largest absolute Gasteiger partial charge is 0.508 e. The molecule has 2 atom stereocenters. The predicted octanol–water partition coefficient (Wildman–Crippen LogP) is 3.17. The fourth-order valence-electron chi connectivity index (χ4n) is 3.38. The van der Waals surface area contributed by atoms with Gasteiger partial charge in [0.05, 0.1) is 17.6 Å². The van der Waals surface area contributed by atoms with Gasteiger partial charge in [-0.1, -0.05) is 12.1 Å². The van der Waals surface area contributed by atoms with Crippen molar-refractivity contribution in [3.63, 3.8) is 0 Å². The van der Waals surface area contributed by atoms with Gasteiger partial charge in [-0.25, -0.2) is 0 Å². The lowest BCUT2D eigenvalue weighted by molar-refractivity contribution is -0.0229. The Labute approximate surface area is 145 Å². The predicted molar refractivity (Wildman–Crippen MR) is 91.3 cm³/mol.